The molecule has 0 N–H and O–H groups in total. The summed E-state index contributed by atoms with van der Waals surface area (Å²) in [6, 6.07) is 5.11. The second-order valence-corrected chi connectivity index (χ2v) is 6.67. The van der Waals surface area contributed by atoms with E-state index in [4.69, 9.17) is 0 Å². The van der Waals surface area contributed by atoms with Crippen molar-refractivity contribution in [3.05, 3.63) is 30.1 Å². The van der Waals surface area contributed by atoms with Crippen LogP contribution >= 0.6 is 0 Å². The number of rotatable bonds is 4. The molecule has 1 aliphatic heterocycles. The summed E-state index contributed by atoms with van der Waals surface area (Å²) in [6.07, 6.45) is 8.99. The Bertz CT molecular complexity index is 482. The average molecular weight is 287 g/mol. The molecule has 114 valence electrons. The zero-order chi connectivity index (χ0) is 14.8. The van der Waals surface area contributed by atoms with Gasteiger partial charge in [-0.15, -0.1) is 0 Å². The third-order valence-corrected chi connectivity index (χ3v) is 5.07. The molecule has 1 saturated carbocycles. The molecule has 1 amide bonds. The van der Waals surface area contributed by atoms with E-state index in [-0.39, 0.29) is 5.92 Å². The number of carbonyl (C=O) groups is 1. The van der Waals surface area contributed by atoms with Crippen molar-refractivity contribution in [1.82, 2.24) is 14.8 Å². The van der Waals surface area contributed by atoms with Crippen LogP contribution in [0.4, 0.5) is 0 Å². The maximum atomic E-state index is 12.7. The highest BCUT2D eigenvalue weighted by atomic mass is 16.2. The molecule has 1 saturated heterocycles. The molecule has 1 aliphatic carbocycles. The first-order valence-electron chi connectivity index (χ1n) is 8.01. The predicted molar refractivity (Wildman–Crippen MR) is 82.9 cm³/mol. The zero-order valence-corrected chi connectivity index (χ0v) is 13.0. The van der Waals surface area contributed by atoms with E-state index in [0.29, 0.717) is 18.0 Å². The van der Waals surface area contributed by atoms with E-state index in [1.54, 1.807) is 0 Å². The van der Waals surface area contributed by atoms with Crippen molar-refractivity contribution in [3.8, 4) is 0 Å². The number of aromatic nitrogens is 1. The molecule has 2 heterocycles. The summed E-state index contributed by atoms with van der Waals surface area (Å²) in [5.41, 5.74) is 1.29. The number of amides is 1. The Kier molecular flexibility index (Phi) is 4.24. The van der Waals surface area contributed by atoms with Gasteiger partial charge in [0.15, 0.2) is 0 Å². The fraction of sp³-hybridized carbons (Fsp3) is 0.647. The number of nitrogens with zero attached hydrogens (tertiary/aromatic N) is 3. The minimum Gasteiger partial charge on any atom is -0.339 e. The first kappa shape index (κ1) is 14.5. The van der Waals surface area contributed by atoms with Crippen molar-refractivity contribution in [2.45, 2.75) is 44.2 Å². The first-order valence-corrected chi connectivity index (χ1v) is 8.01. The summed E-state index contributed by atoms with van der Waals surface area (Å²) in [7, 11) is 4.21. The normalized spacial score (nSPS) is 28.7. The molecular weight excluding hydrogens is 262 g/mol. The largest absolute Gasteiger partial charge is 0.339 e. The molecule has 2 aliphatic rings. The second-order valence-electron chi connectivity index (χ2n) is 6.67. The lowest BCUT2D eigenvalue weighted by molar-refractivity contribution is -0.141. The molecule has 4 heteroatoms. The number of pyridine rings is 1. The molecular formula is C17H25N3O. The highest BCUT2D eigenvalue weighted by Gasteiger charge is 2.40. The van der Waals surface area contributed by atoms with Crippen molar-refractivity contribution in [2.75, 3.05) is 20.6 Å². The van der Waals surface area contributed by atoms with Gasteiger partial charge in [0.25, 0.3) is 0 Å². The van der Waals surface area contributed by atoms with Crippen LogP contribution in [0.15, 0.2) is 24.5 Å². The summed E-state index contributed by atoms with van der Waals surface area (Å²) < 4.78 is 0. The summed E-state index contributed by atoms with van der Waals surface area (Å²) in [5, 5.41) is 0. The highest BCUT2D eigenvalue weighted by Crippen LogP contribution is 2.34. The standard InChI is InChI=1S/C17H25N3O/c1-19(2)16-11-14(12-16)17(21)20-9-3-4-15(20)10-13-5-7-18-8-6-13/h5-8,14-16H,3-4,9-12H2,1-2H3. The van der Waals surface area contributed by atoms with Gasteiger partial charge >= 0.3 is 0 Å². The van der Waals surface area contributed by atoms with Crippen molar-refractivity contribution >= 4 is 5.91 Å². The SMILES string of the molecule is CN(C)C1CC(C(=O)N2CCCC2Cc2ccncc2)C1. The molecule has 0 spiro atoms. The number of likely N-dealkylation sites (tertiary alicyclic amines) is 1. The third kappa shape index (κ3) is 3.10. The topological polar surface area (TPSA) is 36.4 Å². The summed E-state index contributed by atoms with van der Waals surface area (Å²) >= 11 is 0. The van der Waals surface area contributed by atoms with E-state index in [0.717, 1.165) is 38.6 Å². The molecule has 1 aromatic rings. The van der Waals surface area contributed by atoms with Crippen LogP contribution in [-0.4, -0.2) is 53.4 Å². The van der Waals surface area contributed by atoms with Crippen molar-refractivity contribution in [1.29, 1.82) is 0 Å². The van der Waals surface area contributed by atoms with Crippen LogP contribution in [0.1, 0.15) is 31.2 Å². The monoisotopic (exact) mass is 287 g/mol. The van der Waals surface area contributed by atoms with Gasteiger partial charge in [-0.1, -0.05) is 0 Å². The van der Waals surface area contributed by atoms with Gasteiger partial charge in [0.05, 0.1) is 0 Å². The van der Waals surface area contributed by atoms with E-state index < -0.39 is 0 Å². The fourth-order valence-electron chi connectivity index (χ4n) is 3.57. The molecule has 0 bridgehead atoms. The molecule has 1 unspecified atom stereocenters. The Morgan fingerprint density at radius 2 is 2.05 bits per heavy atom. The lowest BCUT2D eigenvalue weighted by atomic mass is 9.78. The Hall–Kier alpha value is -1.42. The van der Waals surface area contributed by atoms with Crippen molar-refractivity contribution in [2.24, 2.45) is 5.92 Å². The van der Waals surface area contributed by atoms with Crippen molar-refractivity contribution < 1.29 is 4.79 Å². The number of hydrogen-bond donors (Lipinski definition) is 0. The zero-order valence-electron chi connectivity index (χ0n) is 13.0. The van der Waals surface area contributed by atoms with Crippen LogP contribution in [0, 0.1) is 5.92 Å². The summed E-state index contributed by atoms with van der Waals surface area (Å²) in [4.78, 5) is 21.1. The molecule has 1 atom stereocenters. The van der Waals surface area contributed by atoms with E-state index >= 15 is 0 Å². The van der Waals surface area contributed by atoms with Crippen LogP contribution in [0.25, 0.3) is 0 Å². The maximum absolute atomic E-state index is 12.7. The van der Waals surface area contributed by atoms with Gasteiger partial charge in [-0.3, -0.25) is 9.78 Å². The van der Waals surface area contributed by atoms with Crippen LogP contribution < -0.4 is 0 Å². The minimum absolute atomic E-state index is 0.260. The van der Waals surface area contributed by atoms with Gasteiger partial charge in [-0.05, 0) is 63.9 Å². The van der Waals surface area contributed by atoms with Gasteiger partial charge in [0.2, 0.25) is 5.91 Å². The van der Waals surface area contributed by atoms with Crippen LogP contribution in [0.3, 0.4) is 0 Å². The van der Waals surface area contributed by atoms with Gasteiger partial charge in [0, 0.05) is 36.9 Å². The number of carbonyl (C=O) groups excluding carboxylic acids is 1. The molecule has 2 fully saturated rings. The average Bonchev–Trinajstić information content (AvgIpc) is 2.85. The molecule has 0 radical (unpaired) electrons. The molecule has 0 aromatic carbocycles. The highest BCUT2D eigenvalue weighted by molar-refractivity contribution is 5.80. The first-order chi connectivity index (χ1) is 10.1. The smallest absolute Gasteiger partial charge is 0.226 e. The lowest BCUT2D eigenvalue weighted by Gasteiger charge is -2.41. The van der Waals surface area contributed by atoms with Gasteiger partial charge < -0.3 is 9.80 Å². The quantitative estimate of drug-likeness (QED) is 0.849. The molecule has 21 heavy (non-hydrogen) atoms. The molecule has 4 nitrogen and oxygen atoms in total. The maximum Gasteiger partial charge on any atom is 0.226 e. The summed E-state index contributed by atoms with van der Waals surface area (Å²) in [5.74, 6) is 0.653. The molecule has 1 aromatic heterocycles. The van der Waals surface area contributed by atoms with E-state index in [1.807, 2.05) is 12.4 Å². The van der Waals surface area contributed by atoms with Gasteiger partial charge in [0.1, 0.15) is 0 Å². The van der Waals surface area contributed by atoms with E-state index in [2.05, 4.69) is 41.0 Å². The van der Waals surface area contributed by atoms with E-state index in [9.17, 15) is 4.79 Å². The Morgan fingerprint density at radius 3 is 2.71 bits per heavy atom. The summed E-state index contributed by atoms with van der Waals surface area (Å²) in [6.45, 7) is 0.942. The Morgan fingerprint density at radius 1 is 1.33 bits per heavy atom. The van der Waals surface area contributed by atoms with Crippen LogP contribution in [-0.2, 0) is 11.2 Å². The lowest BCUT2D eigenvalue weighted by Crippen LogP contribution is -2.49. The van der Waals surface area contributed by atoms with Gasteiger partial charge in [-0.2, -0.15) is 0 Å². The number of hydrogen-bond acceptors (Lipinski definition) is 3. The Labute approximate surface area is 127 Å². The van der Waals surface area contributed by atoms with Crippen LogP contribution in [0.5, 0.6) is 0 Å². The second kappa shape index (κ2) is 6.14. The minimum atomic E-state index is 0.260. The Balaban J connectivity index is 1.58. The predicted octanol–water partition coefficient (Wildman–Crippen LogP) is 1.96. The van der Waals surface area contributed by atoms with Gasteiger partial charge in [-0.25, -0.2) is 0 Å². The molecule has 3 rings (SSSR count). The third-order valence-electron chi connectivity index (χ3n) is 5.07. The van der Waals surface area contributed by atoms with Crippen molar-refractivity contribution in [3.63, 3.8) is 0 Å². The van der Waals surface area contributed by atoms with Crippen LogP contribution in [0.2, 0.25) is 0 Å². The fourth-order valence-corrected chi connectivity index (χ4v) is 3.57. The van der Waals surface area contributed by atoms with E-state index in [1.165, 1.54) is 5.56 Å².